The average Bonchev–Trinajstić information content (AvgIpc) is 2.57. The largest absolute Gasteiger partial charge is 0.349 e. The Morgan fingerprint density at radius 2 is 1.48 bits per heavy atom. The van der Waals surface area contributed by atoms with Crippen molar-refractivity contribution in [2.24, 2.45) is 0 Å². The smallest absolute Gasteiger partial charge is 0.269 e. The molecule has 0 fully saturated rings. The van der Waals surface area contributed by atoms with Gasteiger partial charge < -0.3 is 10.2 Å². The van der Waals surface area contributed by atoms with E-state index in [9.17, 15) is 19.7 Å². The Balaban J connectivity index is 1.91. The Bertz CT molecular complexity index is 768. The molecule has 130 valence electrons. The third kappa shape index (κ3) is 5.42. The molecule has 0 aliphatic heterocycles. The molecule has 25 heavy (non-hydrogen) atoms. The minimum absolute atomic E-state index is 0.00739. The molecule has 0 radical (unpaired) electrons. The standard InChI is InChI=1S/C18H19N3O4/c1-20(2)18(23)12-14-3-7-15(8-4-14)19-17(22)11-13-5-9-16(10-6-13)21(24)25/h3-10H,11-12H2,1-2H3,(H,19,22). The van der Waals surface area contributed by atoms with Gasteiger partial charge in [0.2, 0.25) is 11.8 Å². The normalized spacial score (nSPS) is 10.2. The summed E-state index contributed by atoms with van der Waals surface area (Å²) in [5.74, 6) is -0.207. The van der Waals surface area contributed by atoms with Gasteiger partial charge in [0.25, 0.3) is 5.69 Å². The number of hydrogen-bond acceptors (Lipinski definition) is 4. The summed E-state index contributed by atoms with van der Waals surface area (Å²) in [6.07, 6.45) is 0.433. The van der Waals surface area contributed by atoms with Gasteiger partial charge in [0, 0.05) is 31.9 Å². The number of rotatable bonds is 6. The summed E-state index contributed by atoms with van der Waals surface area (Å²) in [6.45, 7) is 0. The fourth-order valence-electron chi connectivity index (χ4n) is 2.16. The molecule has 0 atom stereocenters. The molecule has 1 N–H and O–H groups in total. The number of benzene rings is 2. The van der Waals surface area contributed by atoms with Gasteiger partial charge in [0.15, 0.2) is 0 Å². The van der Waals surface area contributed by atoms with Gasteiger partial charge in [-0.05, 0) is 23.3 Å². The summed E-state index contributed by atoms with van der Waals surface area (Å²) in [7, 11) is 3.41. The second-order valence-electron chi connectivity index (χ2n) is 5.81. The summed E-state index contributed by atoms with van der Waals surface area (Å²) in [5, 5.41) is 13.4. The van der Waals surface area contributed by atoms with Crippen LogP contribution in [0.2, 0.25) is 0 Å². The summed E-state index contributed by atoms with van der Waals surface area (Å²) >= 11 is 0. The Kier molecular flexibility index (Phi) is 5.84. The fourth-order valence-corrected chi connectivity index (χ4v) is 2.16. The van der Waals surface area contributed by atoms with Crippen molar-refractivity contribution in [1.29, 1.82) is 0 Å². The summed E-state index contributed by atoms with van der Waals surface area (Å²) in [4.78, 5) is 35.4. The van der Waals surface area contributed by atoms with E-state index in [2.05, 4.69) is 5.32 Å². The number of amides is 2. The van der Waals surface area contributed by atoms with Crippen molar-refractivity contribution in [3.8, 4) is 0 Å². The maximum Gasteiger partial charge on any atom is 0.269 e. The number of carbonyl (C=O) groups is 2. The fraction of sp³-hybridized carbons (Fsp3) is 0.222. The first kappa shape index (κ1) is 18.1. The number of anilines is 1. The highest BCUT2D eigenvalue weighted by Crippen LogP contribution is 2.14. The van der Waals surface area contributed by atoms with E-state index in [1.165, 1.54) is 17.0 Å². The molecule has 0 unspecified atom stereocenters. The van der Waals surface area contributed by atoms with Crippen LogP contribution < -0.4 is 5.32 Å². The van der Waals surface area contributed by atoms with Gasteiger partial charge in [0.05, 0.1) is 17.8 Å². The van der Waals surface area contributed by atoms with Crippen LogP contribution >= 0.6 is 0 Å². The highest BCUT2D eigenvalue weighted by molar-refractivity contribution is 5.92. The number of likely N-dealkylation sites (N-methyl/N-ethyl adjacent to an activating group) is 1. The van der Waals surface area contributed by atoms with E-state index in [1.807, 2.05) is 0 Å². The molecule has 7 nitrogen and oxygen atoms in total. The number of nitro groups is 1. The van der Waals surface area contributed by atoms with Gasteiger partial charge in [-0.15, -0.1) is 0 Å². The molecule has 2 aromatic rings. The molecule has 0 aliphatic rings. The highest BCUT2D eigenvalue weighted by atomic mass is 16.6. The SMILES string of the molecule is CN(C)C(=O)Cc1ccc(NC(=O)Cc2ccc([N+](=O)[O-])cc2)cc1. The molecular formula is C18H19N3O4. The first-order valence-electron chi connectivity index (χ1n) is 7.67. The molecule has 0 saturated heterocycles. The zero-order valence-corrected chi connectivity index (χ0v) is 14.1. The number of hydrogen-bond donors (Lipinski definition) is 1. The molecule has 0 heterocycles. The van der Waals surface area contributed by atoms with E-state index in [-0.39, 0.29) is 23.9 Å². The molecule has 0 bridgehead atoms. The predicted octanol–water partition coefficient (Wildman–Crippen LogP) is 2.41. The summed E-state index contributed by atoms with van der Waals surface area (Å²) in [6, 6.07) is 12.9. The van der Waals surface area contributed by atoms with Crippen molar-refractivity contribution in [2.45, 2.75) is 12.8 Å². The first-order valence-corrected chi connectivity index (χ1v) is 7.67. The Morgan fingerprint density at radius 1 is 0.960 bits per heavy atom. The Labute approximate surface area is 145 Å². The van der Waals surface area contributed by atoms with Crippen LogP contribution in [-0.2, 0) is 22.4 Å². The lowest BCUT2D eigenvalue weighted by Crippen LogP contribution is -2.23. The Hall–Kier alpha value is -3.22. The number of carbonyl (C=O) groups excluding carboxylic acids is 2. The zero-order valence-electron chi connectivity index (χ0n) is 14.1. The van der Waals surface area contributed by atoms with E-state index in [1.54, 1.807) is 50.5 Å². The van der Waals surface area contributed by atoms with Crippen molar-refractivity contribution in [3.63, 3.8) is 0 Å². The maximum atomic E-state index is 12.0. The van der Waals surface area contributed by atoms with Gasteiger partial charge >= 0.3 is 0 Å². The monoisotopic (exact) mass is 341 g/mol. The average molecular weight is 341 g/mol. The van der Waals surface area contributed by atoms with Crippen LogP contribution in [-0.4, -0.2) is 35.7 Å². The van der Waals surface area contributed by atoms with Gasteiger partial charge in [-0.2, -0.15) is 0 Å². The first-order chi connectivity index (χ1) is 11.8. The lowest BCUT2D eigenvalue weighted by molar-refractivity contribution is -0.384. The van der Waals surface area contributed by atoms with E-state index < -0.39 is 4.92 Å². The second-order valence-corrected chi connectivity index (χ2v) is 5.81. The van der Waals surface area contributed by atoms with Crippen molar-refractivity contribution in [2.75, 3.05) is 19.4 Å². The Morgan fingerprint density at radius 3 is 2.00 bits per heavy atom. The van der Waals surface area contributed by atoms with Crippen molar-refractivity contribution < 1.29 is 14.5 Å². The number of nitro benzene ring substituents is 1. The number of nitrogens with zero attached hydrogens (tertiary/aromatic N) is 2. The molecule has 7 heteroatoms. The van der Waals surface area contributed by atoms with Crippen molar-refractivity contribution in [3.05, 3.63) is 69.8 Å². The second kappa shape index (κ2) is 8.05. The van der Waals surface area contributed by atoms with Crippen LogP contribution in [0.4, 0.5) is 11.4 Å². The molecule has 2 amide bonds. The highest BCUT2D eigenvalue weighted by Gasteiger charge is 2.09. The number of non-ortho nitro benzene ring substituents is 1. The third-order valence-electron chi connectivity index (χ3n) is 3.60. The van der Waals surface area contributed by atoms with Crippen LogP contribution in [0.15, 0.2) is 48.5 Å². The molecule has 0 spiro atoms. The molecule has 2 rings (SSSR count). The lowest BCUT2D eigenvalue weighted by atomic mass is 10.1. The minimum atomic E-state index is -0.480. The van der Waals surface area contributed by atoms with Gasteiger partial charge in [-0.25, -0.2) is 0 Å². The van der Waals surface area contributed by atoms with Crippen LogP contribution in [0.3, 0.4) is 0 Å². The van der Waals surface area contributed by atoms with Crippen LogP contribution in [0, 0.1) is 10.1 Å². The van der Waals surface area contributed by atoms with E-state index in [4.69, 9.17) is 0 Å². The van der Waals surface area contributed by atoms with Crippen molar-refractivity contribution in [1.82, 2.24) is 4.90 Å². The maximum absolute atomic E-state index is 12.0. The molecule has 0 aliphatic carbocycles. The van der Waals surface area contributed by atoms with Crippen LogP contribution in [0.5, 0.6) is 0 Å². The topological polar surface area (TPSA) is 92.6 Å². The predicted molar refractivity (Wildman–Crippen MR) is 94.3 cm³/mol. The number of nitrogens with one attached hydrogen (secondary N) is 1. The van der Waals surface area contributed by atoms with E-state index >= 15 is 0 Å². The molecule has 2 aromatic carbocycles. The summed E-state index contributed by atoms with van der Waals surface area (Å²) in [5.41, 5.74) is 2.18. The van der Waals surface area contributed by atoms with E-state index in [0.717, 1.165) is 5.56 Å². The van der Waals surface area contributed by atoms with Crippen LogP contribution in [0.25, 0.3) is 0 Å². The van der Waals surface area contributed by atoms with Crippen molar-refractivity contribution >= 4 is 23.2 Å². The van der Waals surface area contributed by atoms with Gasteiger partial charge in [-0.3, -0.25) is 19.7 Å². The van der Waals surface area contributed by atoms with E-state index in [0.29, 0.717) is 17.7 Å². The lowest BCUT2D eigenvalue weighted by Gasteiger charge is -2.10. The molecular weight excluding hydrogens is 322 g/mol. The van der Waals surface area contributed by atoms with Gasteiger partial charge in [0.1, 0.15) is 0 Å². The quantitative estimate of drug-likeness (QED) is 0.645. The molecule has 0 saturated carbocycles. The minimum Gasteiger partial charge on any atom is -0.349 e. The van der Waals surface area contributed by atoms with Gasteiger partial charge in [-0.1, -0.05) is 24.3 Å². The third-order valence-corrected chi connectivity index (χ3v) is 3.60. The van der Waals surface area contributed by atoms with Crippen LogP contribution in [0.1, 0.15) is 11.1 Å². The molecule has 0 aromatic heterocycles. The zero-order chi connectivity index (χ0) is 18.4. The summed E-state index contributed by atoms with van der Waals surface area (Å²) < 4.78 is 0.